The zero-order chi connectivity index (χ0) is 8.08. The molecule has 0 fully saturated rings. The first-order chi connectivity index (χ1) is 3.73. The molecular weight excluding hydrogens is 221 g/mol. The summed E-state index contributed by atoms with van der Waals surface area (Å²) >= 11 is 13.8. The average Bonchev–Trinajstić information content (AvgIpc) is 1.19. The molecule has 9 heavy (non-hydrogen) atoms. The molecule has 0 bridgehead atoms. The maximum Gasteiger partial charge on any atom is 0.762 e. The van der Waals surface area contributed by atoms with Crippen LogP contribution in [0.1, 0.15) is 0 Å². The third kappa shape index (κ3) is 475. The quantitative estimate of drug-likeness (QED) is 0.450. The van der Waals surface area contributed by atoms with Crippen LogP contribution in [0, 0.1) is 0 Å². The number of halogens is 6. The molecule has 0 aliphatic rings. The lowest BCUT2D eigenvalue weighted by molar-refractivity contribution is 0.535. The van der Waals surface area contributed by atoms with Gasteiger partial charge in [0.1, 0.15) is 0 Å². The second-order valence-electron chi connectivity index (χ2n) is 0.646. The van der Waals surface area contributed by atoms with Crippen LogP contribution in [0.15, 0.2) is 0 Å². The Hall–Kier alpha value is 0.955. The Labute approximate surface area is 64.4 Å². The minimum atomic E-state index is -3.67. The van der Waals surface area contributed by atoms with Crippen molar-refractivity contribution in [2.45, 2.75) is 0 Å². The highest BCUT2D eigenvalue weighted by atomic mass is 36.0. The molecule has 56 valence electrons. The molecule has 0 N–H and O–H groups in total. The summed E-state index contributed by atoms with van der Waals surface area (Å²) in [5, 5.41) is -3.22. The van der Waals surface area contributed by atoms with Crippen LogP contribution < -0.4 is 0 Å². The molecule has 0 atom stereocenters. The maximum absolute atomic E-state index is 9.67. The van der Waals surface area contributed by atoms with Gasteiger partial charge in [0.05, 0.1) is 0 Å². The molecule has 1 nitrogen and oxygen atoms in total. The molecule has 0 rings (SSSR count). The van der Waals surface area contributed by atoms with Gasteiger partial charge in [-0.15, -0.1) is 0 Å². The highest BCUT2D eigenvalue weighted by Gasteiger charge is 2.06. The zero-order valence-corrected chi connectivity index (χ0v) is 6.86. The molecule has 0 heterocycles. The van der Waals surface area contributed by atoms with Gasteiger partial charge in [-0.25, -0.2) is 0 Å². The highest BCUT2D eigenvalue weighted by Crippen LogP contribution is 2.61. The molecule has 9 heteroatoms. The van der Waals surface area contributed by atoms with Crippen LogP contribution in [0.3, 0.4) is 0 Å². The van der Waals surface area contributed by atoms with Crippen molar-refractivity contribution >= 4 is 46.5 Å². The van der Waals surface area contributed by atoms with Crippen molar-refractivity contribution in [3.05, 3.63) is 0 Å². The van der Waals surface area contributed by atoms with Gasteiger partial charge < -0.3 is 0 Å². The van der Waals surface area contributed by atoms with E-state index in [0.29, 0.717) is 0 Å². The van der Waals surface area contributed by atoms with Crippen molar-refractivity contribution in [3.63, 3.8) is 0 Å². The van der Waals surface area contributed by atoms with E-state index in [9.17, 15) is 17.5 Å². The van der Waals surface area contributed by atoms with Crippen molar-refractivity contribution in [1.29, 1.82) is 0 Å². The molecule has 0 aromatic heterocycles. The molecule has 0 unspecified atom stereocenters. The van der Waals surface area contributed by atoms with Gasteiger partial charge in [0.25, 0.3) is 0 Å². The van der Waals surface area contributed by atoms with E-state index in [1.165, 1.54) is 0 Å². The van der Waals surface area contributed by atoms with Crippen LogP contribution in [-0.2, 0) is 4.57 Å². The van der Waals surface area contributed by atoms with Crippen LogP contribution in [0.2, 0.25) is 0 Å². The first-order valence-electron chi connectivity index (χ1n) is 1.34. The molecular formula is BCl3F3OP. The summed E-state index contributed by atoms with van der Waals surface area (Å²) in [4.78, 5) is 0. The van der Waals surface area contributed by atoms with E-state index >= 15 is 0 Å². The molecule has 0 aromatic carbocycles. The Kier molecular flexibility index (Phi) is 8.02. The predicted molar refractivity (Wildman–Crippen MR) is 34.2 cm³/mol. The lowest BCUT2D eigenvalue weighted by Crippen LogP contribution is -1.76. The van der Waals surface area contributed by atoms with Crippen LogP contribution in [0.25, 0.3) is 0 Å². The normalized spacial score (nSPS) is 9.56. The third-order valence-corrected chi connectivity index (χ3v) is 0. The summed E-state index contributed by atoms with van der Waals surface area (Å²) < 4.78 is 38.5. The van der Waals surface area contributed by atoms with E-state index in [1.54, 1.807) is 0 Å². The fourth-order valence-electron chi connectivity index (χ4n) is 0. The minimum Gasteiger partial charge on any atom is -0.271 e. The first-order valence-corrected chi connectivity index (χ1v) is 5.77. The smallest absolute Gasteiger partial charge is 0.271 e. The van der Waals surface area contributed by atoms with Gasteiger partial charge in [-0.3, -0.25) is 17.5 Å². The maximum atomic E-state index is 9.67. The van der Waals surface area contributed by atoms with Gasteiger partial charge in [0.2, 0.25) is 0 Å². The fourth-order valence-corrected chi connectivity index (χ4v) is 0. The average molecular weight is 221 g/mol. The van der Waals surface area contributed by atoms with Gasteiger partial charge in [-0.2, -0.15) is 0 Å². The Bertz CT molecular complexity index is 90.2. The van der Waals surface area contributed by atoms with E-state index < -0.39 is 12.7 Å². The monoisotopic (exact) mass is 220 g/mol. The van der Waals surface area contributed by atoms with E-state index in [-0.39, 0.29) is 0 Å². The molecule has 0 spiro atoms. The molecule has 0 saturated heterocycles. The summed E-state index contributed by atoms with van der Waals surface area (Å²) in [6.07, 6.45) is 0. The van der Waals surface area contributed by atoms with Gasteiger partial charge in [0.15, 0.2) is 0 Å². The van der Waals surface area contributed by atoms with Crippen LogP contribution in [-0.4, -0.2) is 7.54 Å². The van der Waals surface area contributed by atoms with Gasteiger partial charge >= 0.3 is 12.7 Å². The summed E-state index contributed by atoms with van der Waals surface area (Å²) in [6.45, 7) is 0. The Balaban J connectivity index is 0. The van der Waals surface area contributed by atoms with Crippen molar-refractivity contribution in [2.24, 2.45) is 0 Å². The minimum absolute atomic E-state index is 3.22. The van der Waals surface area contributed by atoms with Crippen LogP contribution in [0.5, 0.6) is 0 Å². The summed E-state index contributed by atoms with van der Waals surface area (Å²) in [6, 6.07) is 0. The van der Waals surface area contributed by atoms with Crippen molar-refractivity contribution in [1.82, 2.24) is 0 Å². The SMILES string of the molecule is FB(F)F.O=P(Cl)(Cl)Cl. The molecule has 0 aliphatic carbocycles. The predicted octanol–water partition coefficient (Wildman–Crippen LogP) is 3.69. The van der Waals surface area contributed by atoms with Gasteiger partial charge in [-0.05, 0) is 33.7 Å². The molecule has 0 saturated carbocycles. The van der Waals surface area contributed by atoms with E-state index in [2.05, 4.69) is 33.7 Å². The Morgan fingerprint density at radius 3 is 1.11 bits per heavy atom. The van der Waals surface area contributed by atoms with Gasteiger partial charge in [0, 0.05) is 0 Å². The third-order valence-electron chi connectivity index (χ3n) is 0. The van der Waals surface area contributed by atoms with Crippen LogP contribution >= 0.6 is 38.9 Å². The second kappa shape index (κ2) is 5.72. The topological polar surface area (TPSA) is 17.1 Å². The van der Waals surface area contributed by atoms with Gasteiger partial charge in [-0.1, -0.05) is 0 Å². The first kappa shape index (κ1) is 12.6. The van der Waals surface area contributed by atoms with Crippen LogP contribution in [0.4, 0.5) is 12.9 Å². The molecule has 0 amide bonds. The van der Waals surface area contributed by atoms with Crippen molar-refractivity contribution < 1.29 is 17.5 Å². The lowest BCUT2D eigenvalue weighted by Gasteiger charge is -1.74. The largest absolute Gasteiger partial charge is 0.762 e. The van der Waals surface area contributed by atoms with Crippen molar-refractivity contribution in [3.8, 4) is 0 Å². The van der Waals surface area contributed by atoms with E-state index in [0.717, 1.165) is 0 Å². The second-order valence-corrected chi connectivity index (χ2v) is 7.29. The fraction of sp³-hybridized carbons (Fsp3) is 0. The number of hydrogen-bond acceptors (Lipinski definition) is 1. The Morgan fingerprint density at radius 2 is 1.11 bits per heavy atom. The standard InChI is InChI=1S/BF3.Cl3OP/c2-1(3)4;1-5(2,3)4. The molecule has 0 aromatic rings. The van der Waals surface area contributed by atoms with E-state index in [4.69, 9.17) is 0 Å². The molecule has 0 radical (unpaired) electrons. The summed E-state index contributed by atoms with van der Waals surface area (Å²) in [5.74, 6) is 0. The van der Waals surface area contributed by atoms with E-state index in [1.807, 2.05) is 0 Å². The zero-order valence-electron chi connectivity index (χ0n) is 3.70. The lowest BCUT2D eigenvalue weighted by atomic mass is 10.5. The summed E-state index contributed by atoms with van der Waals surface area (Å²) in [5.41, 5.74) is 0. The highest BCUT2D eigenvalue weighted by molar-refractivity contribution is 8.24. The number of rotatable bonds is 0. The van der Waals surface area contributed by atoms with Crippen molar-refractivity contribution in [2.75, 3.05) is 0 Å². The Morgan fingerprint density at radius 1 is 1.11 bits per heavy atom. The summed E-state index contributed by atoms with van der Waals surface area (Å²) in [7, 11) is -3.67. The number of hydrogen-bond donors (Lipinski definition) is 0. The molecule has 0 aliphatic heterocycles.